The van der Waals surface area contributed by atoms with Crippen LogP contribution in [0.5, 0.6) is 0 Å². The number of ether oxygens (including phenoxy) is 1. The van der Waals surface area contributed by atoms with Crippen molar-refractivity contribution in [1.82, 2.24) is 10.2 Å². The van der Waals surface area contributed by atoms with Gasteiger partial charge in [-0.05, 0) is 25.2 Å². The first-order chi connectivity index (χ1) is 9.80. The van der Waals surface area contributed by atoms with Gasteiger partial charge in [0.25, 0.3) is 0 Å². The lowest BCUT2D eigenvalue weighted by Gasteiger charge is -2.47. The fraction of sp³-hybridized carbons (Fsp3) is 1.00. The van der Waals surface area contributed by atoms with E-state index in [9.17, 15) is 13.2 Å². The van der Waals surface area contributed by atoms with Crippen LogP contribution in [0.15, 0.2) is 0 Å². The summed E-state index contributed by atoms with van der Waals surface area (Å²) in [6.07, 6.45) is 1.20. The van der Waals surface area contributed by atoms with Gasteiger partial charge < -0.3 is 5.32 Å². The summed E-state index contributed by atoms with van der Waals surface area (Å²) >= 11 is 0. The summed E-state index contributed by atoms with van der Waals surface area (Å²) in [6.45, 7) is 6.14. The summed E-state index contributed by atoms with van der Waals surface area (Å²) in [5, 5.41) is 3.68. The standard InChI is InChI=1S/C15H27F3N2O/c1-12(2)9-13-10-19-14(5-3-4-6-14)11-20(13)7-8-21-15(16,17)18/h12-13,19H,3-11H2,1-2H3. The SMILES string of the molecule is CC(C)CC1CNC2(CCCC2)CN1CCOC(F)(F)F. The zero-order chi connectivity index (χ0) is 15.5. The third kappa shape index (κ3) is 5.11. The fourth-order valence-electron chi connectivity index (χ4n) is 3.74. The molecule has 0 aromatic rings. The number of piperazine rings is 1. The van der Waals surface area contributed by atoms with Crippen LogP contribution in [0.2, 0.25) is 0 Å². The average molecular weight is 308 g/mol. The van der Waals surface area contributed by atoms with Gasteiger partial charge in [-0.1, -0.05) is 26.7 Å². The van der Waals surface area contributed by atoms with Crippen molar-refractivity contribution in [1.29, 1.82) is 0 Å². The van der Waals surface area contributed by atoms with Gasteiger partial charge in [0.15, 0.2) is 0 Å². The molecule has 2 fully saturated rings. The number of nitrogens with zero attached hydrogens (tertiary/aromatic N) is 1. The fourth-order valence-corrected chi connectivity index (χ4v) is 3.74. The Morgan fingerprint density at radius 1 is 1.29 bits per heavy atom. The molecule has 1 spiro atoms. The predicted molar refractivity (Wildman–Crippen MR) is 76.0 cm³/mol. The van der Waals surface area contributed by atoms with Gasteiger partial charge in [-0.15, -0.1) is 13.2 Å². The zero-order valence-corrected chi connectivity index (χ0v) is 13.0. The highest BCUT2D eigenvalue weighted by Gasteiger charge is 2.41. The lowest BCUT2D eigenvalue weighted by atomic mass is 9.90. The van der Waals surface area contributed by atoms with E-state index >= 15 is 0 Å². The molecule has 2 aliphatic rings. The third-order valence-electron chi connectivity index (χ3n) is 4.68. The molecular formula is C15H27F3N2O. The number of nitrogens with one attached hydrogen (secondary N) is 1. The lowest BCUT2D eigenvalue weighted by molar-refractivity contribution is -0.325. The molecule has 124 valence electrons. The molecule has 1 unspecified atom stereocenters. The van der Waals surface area contributed by atoms with Crippen molar-refractivity contribution in [3.05, 3.63) is 0 Å². The number of hydrogen-bond acceptors (Lipinski definition) is 3. The molecule has 0 radical (unpaired) electrons. The van der Waals surface area contributed by atoms with E-state index in [0.29, 0.717) is 18.5 Å². The van der Waals surface area contributed by atoms with Crippen molar-refractivity contribution >= 4 is 0 Å². The van der Waals surface area contributed by atoms with Gasteiger partial charge in [-0.3, -0.25) is 9.64 Å². The summed E-state index contributed by atoms with van der Waals surface area (Å²) in [5.74, 6) is 0.542. The number of halogens is 3. The van der Waals surface area contributed by atoms with Crippen molar-refractivity contribution in [2.45, 2.75) is 63.9 Å². The Kier molecular flexibility index (Phi) is 5.54. The highest BCUT2D eigenvalue weighted by atomic mass is 19.4. The van der Waals surface area contributed by atoms with Crippen molar-refractivity contribution < 1.29 is 17.9 Å². The van der Waals surface area contributed by atoms with E-state index in [4.69, 9.17) is 0 Å². The molecule has 0 bridgehead atoms. The van der Waals surface area contributed by atoms with Gasteiger partial charge in [-0.25, -0.2) is 0 Å². The van der Waals surface area contributed by atoms with E-state index in [1.165, 1.54) is 12.8 Å². The minimum Gasteiger partial charge on any atom is -0.308 e. The molecule has 1 aliphatic heterocycles. The molecule has 21 heavy (non-hydrogen) atoms. The first-order valence-electron chi connectivity index (χ1n) is 7.99. The molecule has 3 nitrogen and oxygen atoms in total. The largest absolute Gasteiger partial charge is 0.522 e. The Morgan fingerprint density at radius 2 is 1.95 bits per heavy atom. The summed E-state index contributed by atoms with van der Waals surface area (Å²) in [7, 11) is 0. The second-order valence-electron chi connectivity index (χ2n) is 6.92. The van der Waals surface area contributed by atoms with Gasteiger partial charge in [0.2, 0.25) is 0 Å². The Hall–Kier alpha value is -0.330. The topological polar surface area (TPSA) is 24.5 Å². The second-order valence-corrected chi connectivity index (χ2v) is 6.92. The van der Waals surface area contributed by atoms with E-state index < -0.39 is 6.36 Å². The van der Waals surface area contributed by atoms with Gasteiger partial charge >= 0.3 is 6.36 Å². The summed E-state index contributed by atoms with van der Waals surface area (Å²) in [4.78, 5) is 2.22. The molecule has 1 N–H and O–H groups in total. The van der Waals surface area contributed by atoms with Crippen LogP contribution in [0.3, 0.4) is 0 Å². The minimum absolute atomic E-state index is 0.131. The van der Waals surface area contributed by atoms with E-state index in [1.807, 2.05) is 0 Å². The molecule has 1 atom stereocenters. The van der Waals surface area contributed by atoms with Crippen molar-refractivity contribution in [2.24, 2.45) is 5.92 Å². The smallest absolute Gasteiger partial charge is 0.308 e. The maximum atomic E-state index is 12.2. The van der Waals surface area contributed by atoms with Gasteiger partial charge in [-0.2, -0.15) is 0 Å². The van der Waals surface area contributed by atoms with Crippen LogP contribution in [0.1, 0.15) is 46.0 Å². The quantitative estimate of drug-likeness (QED) is 0.844. The van der Waals surface area contributed by atoms with E-state index in [2.05, 4.69) is 28.8 Å². The van der Waals surface area contributed by atoms with Crippen LogP contribution in [-0.2, 0) is 4.74 Å². The molecule has 0 aromatic heterocycles. The molecule has 1 heterocycles. The highest BCUT2D eigenvalue weighted by molar-refractivity contribution is 5.01. The molecule has 0 aromatic carbocycles. The monoisotopic (exact) mass is 308 g/mol. The average Bonchev–Trinajstić information content (AvgIpc) is 2.79. The van der Waals surface area contributed by atoms with E-state index in [1.54, 1.807) is 0 Å². The van der Waals surface area contributed by atoms with Gasteiger partial charge in [0, 0.05) is 31.2 Å². The van der Waals surface area contributed by atoms with Crippen LogP contribution in [0, 0.1) is 5.92 Å². The third-order valence-corrected chi connectivity index (χ3v) is 4.68. The number of alkyl halides is 3. The maximum Gasteiger partial charge on any atom is 0.522 e. The normalized spacial score (nSPS) is 26.9. The zero-order valence-electron chi connectivity index (χ0n) is 13.0. The van der Waals surface area contributed by atoms with E-state index in [-0.39, 0.29) is 12.1 Å². The van der Waals surface area contributed by atoms with Crippen molar-refractivity contribution in [2.75, 3.05) is 26.2 Å². The summed E-state index contributed by atoms with van der Waals surface area (Å²) in [6, 6.07) is 0.313. The number of hydrogen-bond donors (Lipinski definition) is 1. The Balaban J connectivity index is 1.92. The molecule has 1 saturated carbocycles. The second kappa shape index (κ2) is 6.84. The van der Waals surface area contributed by atoms with Crippen LogP contribution in [0.25, 0.3) is 0 Å². The van der Waals surface area contributed by atoms with E-state index in [0.717, 1.165) is 32.4 Å². The Bertz CT molecular complexity index is 327. The maximum absolute atomic E-state index is 12.2. The van der Waals surface area contributed by atoms with Gasteiger partial charge in [0.1, 0.15) is 0 Å². The summed E-state index contributed by atoms with van der Waals surface area (Å²) in [5.41, 5.74) is 0.131. The molecule has 0 amide bonds. The van der Waals surface area contributed by atoms with Crippen LogP contribution >= 0.6 is 0 Å². The van der Waals surface area contributed by atoms with Crippen molar-refractivity contribution in [3.63, 3.8) is 0 Å². The Morgan fingerprint density at radius 3 is 2.52 bits per heavy atom. The van der Waals surface area contributed by atoms with Crippen molar-refractivity contribution in [3.8, 4) is 0 Å². The van der Waals surface area contributed by atoms with Gasteiger partial charge in [0.05, 0.1) is 6.61 Å². The lowest BCUT2D eigenvalue weighted by Crippen LogP contribution is -2.63. The summed E-state index contributed by atoms with van der Waals surface area (Å²) < 4.78 is 40.4. The van der Waals surface area contributed by atoms with Crippen LogP contribution in [0.4, 0.5) is 13.2 Å². The first-order valence-corrected chi connectivity index (χ1v) is 7.99. The molecule has 1 aliphatic carbocycles. The Labute approximate surface area is 125 Å². The molecule has 1 saturated heterocycles. The van der Waals surface area contributed by atoms with Crippen LogP contribution < -0.4 is 5.32 Å². The minimum atomic E-state index is -4.52. The highest BCUT2D eigenvalue weighted by Crippen LogP contribution is 2.34. The molecule has 2 rings (SSSR count). The molecule has 6 heteroatoms. The number of rotatable bonds is 5. The van der Waals surface area contributed by atoms with Crippen LogP contribution in [-0.4, -0.2) is 49.1 Å². The predicted octanol–water partition coefficient (Wildman–Crippen LogP) is 3.16. The molecular weight excluding hydrogens is 281 g/mol. The first kappa shape index (κ1) is 17.0.